The Morgan fingerprint density at radius 3 is 2.46 bits per heavy atom. The molecule has 2 N–H and O–H groups in total. The Labute approximate surface area is 79.5 Å². The molecule has 0 aliphatic carbocycles. The van der Waals surface area contributed by atoms with Gasteiger partial charge in [0.05, 0.1) is 25.9 Å². The summed E-state index contributed by atoms with van der Waals surface area (Å²) in [5.41, 5.74) is 0. The number of rotatable bonds is 5. The lowest BCUT2D eigenvalue weighted by Crippen LogP contribution is -2.03. The van der Waals surface area contributed by atoms with Gasteiger partial charge in [0.25, 0.3) is 0 Å². The van der Waals surface area contributed by atoms with Crippen molar-refractivity contribution in [3.8, 4) is 0 Å². The summed E-state index contributed by atoms with van der Waals surface area (Å²) in [6.07, 6.45) is 0.976. The van der Waals surface area contributed by atoms with Gasteiger partial charge in [0.15, 0.2) is 0 Å². The van der Waals surface area contributed by atoms with Crippen molar-refractivity contribution in [2.45, 2.75) is 32.5 Å². The Morgan fingerprint density at radius 1 is 1.62 bits per heavy atom. The molecule has 0 bridgehead atoms. The quantitative estimate of drug-likeness (QED) is 0.481. The molecule has 13 heavy (non-hydrogen) atoms. The first-order valence-electron chi connectivity index (χ1n) is 4.69. The number of aliphatic hydroxyl groups is 2. The molecular formula is C9H20O4. The molecule has 0 aromatic rings. The van der Waals surface area contributed by atoms with Gasteiger partial charge < -0.3 is 19.7 Å². The monoisotopic (exact) mass is 192 g/mol. The van der Waals surface area contributed by atoms with Crippen molar-refractivity contribution in [3.63, 3.8) is 0 Å². The largest absolute Gasteiger partial charge is 0.394 e. The molecule has 1 rings (SSSR count). The Hall–Kier alpha value is -0.160. The molecule has 1 fully saturated rings. The van der Waals surface area contributed by atoms with E-state index in [1.54, 1.807) is 0 Å². The van der Waals surface area contributed by atoms with Gasteiger partial charge >= 0.3 is 0 Å². The molecule has 1 heterocycles. The van der Waals surface area contributed by atoms with Crippen molar-refractivity contribution in [1.29, 1.82) is 0 Å². The fraction of sp³-hybridized carbons (Fsp3) is 1.00. The van der Waals surface area contributed by atoms with Crippen molar-refractivity contribution in [1.82, 2.24) is 0 Å². The zero-order valence-electron chi connectivity index (χ0n) is 8.40. The number of epoxide rings is 1. The number of hydrogen-bond donors (Lipinski definition) is 2. The molecule has 2 unspecified atom stereocenters. The van der Waals surface area contributed by atoms with E-state index in [4.69, 9.17) is 19.7 Å². The van der Waals surface area contributed by atoms with Crippen LogP contribution in [0.1, 0.15) is 20.3 Å². The minimum absolute atomic E-state index is 0.139. The smallest absolute Gasteiger partial charge is 0.104 e. The Balaban J connectivity index is 0.000000252. The minimum atomic E-state index is -0.560. The molecule has 1 aliphatic rings. The van der Waals surface area contributed by atoms with Crippen LogP contribution in [0.25, 0.3) is 0 Å². The van der Waals surface area contributed by atoms with Gasteiger partial charge in [0, 0.05) is 6.61 Å². The molecule has 1 aliphatic heterocycles. The second-order valence-corrected chi connectivity index (χ2v) is 3.06. The standard InChI is InChI=1S/C6H12O2.C3H8O2/c1-2-3-7-4-6-5-8-6;1-3(5)2-4/h6H,2-5H2,1H3;3-5H,2H2,1H3. The van der Waals surface area contributed by atoms with Crippen LogP contribution in [-0.2, 0) is 9.47 Å². The minimum Gasteiger partial charge on any atom is -0.394 e. The zero-order chi connectivity index (χ0) is 10.1. The molecule has 2 atom stereocenters. The second kappa shape index (κ2) is 8.44. The lowest BCUT2D eigenvalue weighted by Gasteiger charge is -1.95. The van der Waals surface area contributed by atoms with Gasteiger partial charge in [-0.05, 0) is 13.3 Å². The van der Waals surface area contributed by atoms with Gasteiger partial charge in [-0.3, -0.25) is 0 Å². The molecule has 0 spiro atoms. The molecular weight excluding hydrogens is 172 g/mol. The van der Waals surface area contributed by atoms with E-state index >= 15 is 0 Å². The highest BCUT2D eigenvalue weighted by atomic mass is 16.6. The predicted molar refractivity (Wildman–Crippen MR) is 49.6 cm³/mol. The predicted octanol–water partition coefficient (Wildman–Crippen LogP) is 0.171. The zero-order valence-corrected chi connectivity index (χ0v) is 8.40. The van der Waals surface area contributed by atoms with Crippen molar-refractivity contribution in [3.05, 3.63) is 0 Å². The normalized spacial score (nSPS) is 21.7. The summed E-state index contributed by atoms with van der Waals surface area (Å²) < 4.78 is 10.1. The fourth-order valence-electron chi connectivity index (χ4n) is 0.523. The molecule has 0 aromatic heterocycles. The summed E-state index contributed by atoms with van der Waals surface area (Å²) in [5.74, 6) is 0. The van der Waals surface area contributed by atoms with Crippen LogP contribution >= 0.6 is 0 Å². The van der Waals surface area contributed by atoms with E-state index in [0.717, 1.165) is 26.2 Å². The summed E-state index contributed by atoms with van der Waals surface area (Å²) in [5, 5.41) is 16.0. The maximum absolute atomic E-state index is 8.11. The highest BCUT2D eigenvalue weighted by Crippen LogP contribution is 2.08. The van der Waals surface area contributed by atoms with Crippen molar-refractivity contribution < 1.29 is 19.7 Å². The van der Waals surface area contributed by atoms with Crippen LogP contribution in [0.3, 0.4) is 0 Å². The van der Waals surface area contributed by atoms with Crippen LogP contribution in [0, 0.1) is 0 Å². The first kappa shape index (κ1) is 12.8. The summed E-state index contributed by atoms with van der Waals surface area (Å²) in [6, 6.07) is 0. The molecule has 0 aromatic carbocycles. The van der Waals surface area contributed by atoms with Crippen LogP contribution in [0.4, 0.5) is 0 Å². The van der Waals surface area contributed by atoms with E-state index in [-0.39, 0.29) is 6.61 Å². The summed E-state index contributed by atoms with van der Waals surface area (Å²) in [7, 11) is 0. The average molecular weight is 192 g/mol. The van der Waals surface area contributed by atoms with Crippen LogP contribution < -0.4 is 0 Å². The third kappa shape index (κ3) is 11.8. The first-order chi connectivity index (χ1) is 6.20. The van der Waals surface area contributed by atoms with Gasteiger partial charge in [0.2, 0.25) is 0 Å². The number of hydrogen-bond acceptors (Lipinski definition) is 4. The summed E-state index contributed by atoms with van der Waals surface area (Å²) in [6.45, 7) is 6.07. The molecule has 0 radical (unpaired) electrons. The maximum Gasteiger partial charge on any atom is 0.104 e. The highest BCUT2D eigenvalue weighted by Gasteiger charge is 2.21. The van der Waals surface area contributed by atoms with E-state index < -0.39 is 6.10 Å². The Bertz CT molecular complexity index is 102. The topological polar surface area (TPSA) is 62.2 Å². The van der Waals surface area contributed by atoms with Crippen molar-refractivity contribution >= 4 is 0 Å². The van der Waals surface area contributed by atoms with E-state index in [0.29, 0.717) is 6.10 Å². The van der Waals surface area contributed by atoms with Gasteiger partial charge in [-0.1, -0.05) is 6.92 Å². The number of aliphatic hydroxyl groups excluding tert-OH is 2. The van der Waals surface area contributed by atoms with E-state index in [1.807, 2.05) is 0 Å². The molecule has 4 heteroatoms. The second-order valence-electron chi connectivity index (χ2n) is 3.06. The molecule has 80 valence electrons. The van der Waals surface area contributed by atoms with E-state index in [2.05, 4.69) is 6.92 Å². The Morgan fingerprint density at radius 2 is 2.15 bits per heavy atom. The van der Waals surface area contributed by atoms with E-state index in [9.17, 15) is 0 Å². The summed E-state index contributed by atoms with van der Waals surface area (Å²) in [4.78, 5) is 0. The lowest BCUT2D eigenvalue weighted by molar-refractivity contribution is 0.110. The summed E-state index contributed by atoms with van der Waals surface area (Å²) >= 11 is 0. The first-order valence-corrected chi connectivity index (χ1v) is 4.69. The van der Waals surface area contributed by atoms with Gasteiger partial charge in [0.1, 0.15) is 6.10 Å². The third-order valence-electron chi connectivity index (χ3n) is 1.32. The SMILES string of the molecule is CC(O)CO.CCCOCC1CO1. The molecule has 4 nitrogen and oxygen atoms in total. The fourth-order valence-corrected chi connectivity index (χ4v) is 0.523. The van der Waals surface area contributed by atoms with Crippen LogP contribution in [0.15, 0.2) is 0 Å². The maximum atomic E-state index is 8.11. The molecule has 0 saturated carbocycles. The van der Waals surface area contributed by atoms with E-state index in [1.165, 1.54) is 6.92 Å². The van der Waals surface area contributed by atoms with Crippen molar-refractivity contribution in [2.24, 2.45) is 0 Å². The van der Waals surface area contributed by atoms with Crippen LogP contribution in [0.5, 0.6) is 0 Å². The van der Waals surface area contributed by atoms with Gasteiger partial charge in [-0.15, -0.1) is 0 Å². The highest BCUT2D eigenvalue weighted by molar-refractivity contribution is 4.66. The van der Waals surface area contributed by atoms with Crippen LogP contribution in [-0.4, -0.2) is 48.8 Å². The number of ether oxygens (including phenoxy) is 2. The van der Waals surface area contributed by atoms with Gasteiger partial charge in [-0.2, -0.15) is 0 Å². The van der Waals surface area contributed by atoms with Crippen LogP contribution in [0.2, 0.25) is 0 Å². The third-order valence-corrected chi connectivity index (χ3v) is 1.32. The molecule has 0 amide bonds. The lowest BCUT2D eigenvalue weighted by atomic mass is 10.5. The Kier molecular flexibility index (Phi) is 8.33. The van der Waals surface area contributed by atoms with Gasteiger partial charge in [-0.25, -0.2) is 0 Å². The average Bonchev–Trinajstić information content (AvgIpc) is 2.90. The van der Waals surface area contributed by atoms with Crippen molar-refractivity contribution in [2.75, 3.05) is 26.4 Å². The molecule has 1 saturated heterocycles.